The summed E-state index contributed by atoms with van der Waals surface area (Å²) in [7, 11) is 0. The summed E-state index contributed by atoms with van der Waals surface area (Å²) in [6, 6.07) is 1.68. The normalized spacial score (nSPS) is 29.5. The zero-order valence-electron chi connectivity index (χ0n) is 18.2. The third-order valence-electron chi connectivity index (χ3n) is 7.30. The molecule has 2 unspecified atom stereocenters. The molecule has 1 heterocycles. The van der Waals surface area contributed by atoms with Crippen LogP contribution in [-0.2, 0) is 4.79 Å². The Hall–Kier alpha value is -1.76. The first-order valence-electron chi connectivity index (χ1n) is 11.7. The molecule has 3 aliphatic rings. The number of nitrogens with zero attached hydrogens (tertiary/aromatic N) is 1. The van der Waals surface area contributed by atoms with E-state index in [0.717, 1.165) is 64.2 Å². The fourth-order valence-corrected chi connectivity index (χ4v) is 4.98. The molecule has 0 bridgehead atoms. The van der Waals surface area contributed by atoms with E-state index < -0.39 is 17.5 Å². The zero-order valence-corrected chi connectivity index (χ0v) is 18.2. The second kappa shape index (κ2) is 9.80. The number of hydrogen-bond acceptors (Lipinski definition) is 3. The maximum absolute atomic E-state index is 13.8. The summed E-state index contributed by atoms with van der Waals surface area (Å²) in [5, 5.41) is 3.24. The summed E-state index contributed by atoms with van der Waals surface area (Å²) in [4.78, 5) is 14.5. The molecule has 4 nitrogen and oxygen atoms in total. The van der Waals surface area contributed by atoms with Gasteiger partial charge in [0.25, 0.3) is 0 Å². The number of hydrogen-bond donors (Lipinski definition) is 1. The lowest BCUT2D eigenvalue weighted by atomic mass is 9.84. The quantitative estimate of drug-likeness (QED) is 0.629. The van der Waals surface area contributed by atoms with Crippen LogP contribution in [0.15, 0.2) is 12.1 Å². The van der Waals surface area contributed by atoms with E-state index in [9.17, 15) is 18.0 Å². The van der Waals surface area contributed by atoms with Crippen LogP contribution in [0, 0.1) is 35.2 Å². The fraction of sp³-hybridized carbons (Fsp3) is 0.708. The minimum absolute atomic E-state index is 0.177. The lowest BCUT2D eigenvalue weighted by molar-refractivity contribution is -0.123. The molecule has 2 saturated carbocycles. The Labute approximate surface area is 182 Å². The molecule has 1 amide bonds. The molecule has 1 aromatic carbocycles. The van der Waals surface area contributed by atoms with Gasteiger partial charge in [0, 0.05) is 37.2 Å². The van der Waals surface area contributed by atoms with Crippen LogP contribution in [0.3, 0.4) is 0 Å². The Balaban J connectivity index is 1.12. The van der Waals surface area contributed by atoms with Crippen LogP contribution < -0.4 is 10.1 Å². The molecule has 3 fully saturated rings. The SMILES string of the molecule is CC1CC1C(=O)NC1CCC(CCN2CCC(Oc3cc(F)c(F)cc3F)CC2)CC1. The maximum Gasteiger partial charge on any atom is 0.223 e. The molecule has 7 heteroatoms. The summed E-state index contributed by atoms with van der Waals surface area (Å²) in [5.74, 6) is -1.59. The van der Waals surface area contributed by atoms with Crippen LogP contribution in [0.2, 0.25) is 0 Å². The molecule has 1 aromatic rings. The Kier molecular flexibility index (Phi) is 7.09. The van der Waals surface area contributed by atoms with E-state index >= 15 is 0 Å². The highest BCUT2D eigenvalue weighted by atomic mass is 19.2. The highest BCUT2D eigenvalue weighted by molar-refractivity contribution is 5.81. The number of piperidine rings is 1. The predicted octanol–water partition coefficient (Wildman–Crippen LogP) is 4.67. The van der Waals surface area contributed by atoms with E-state index in [2.05, 4.69) is 17.1 Å². The van der Waals surface area contributed by atoms with Crippen LogP contribution in [0.4, 0.5) is 13.2 Å². The molecule has 4 rings (SSSR count). The Bertz CT molecular complexity index is 774. The van der Waals surface area contributed by atoms with Crippen molar-refractivity contribution in [3.63, 3.8) is 0 Å². The molecule has 0 aromatic heterocycles. The molecule has 1 N–H and O–H groups in total. The van der Waals surface area contributed by atoms with Gasteiger partial charge in [-0.25, -0.2) is 13.2 Å². The largest absolute Gasteiger partial charge is 0.487 e. The first kappa shape index (κ1) is 22.4. The van der Waals surface area contributed by atoms with Crippen molar-refractivity contribution in [3.8, 4) is 5.75 Å². The summed E-state index contributed by atoms with van der Waals surface area (Å²) < 4.78 is 45.8. The molecule has 1 aliphatic heterocycles. The van der Waals surface area contributed by atoms with Crippen LogP contribution in [0.1, 0.15) is 58.3 Å². The number of ether oxygens (including phenoxy) is 1. The van der Waals surface area contributed by atoms with Gasteiger partial charge in [0.05, 0.1) is 0 Å². The number of carbonyl (C=O) groups is 1. The predicted molar refractivity (Wildman–Crippen MR) is 112 cm³/mol. The van der Waals surface area contributed by atoms with E-state index in [-0.39, 0.29) is 23.7 Å². The van der Waals surface area contributed by atoms with Gasteiger partial charge in [-0.2, -0.15) is 0 Å². The van der Waals surface area contributed by atoms with Gasteiger partial charge in [-0.15, -0.1) is 0 Å². The molecule has 0 spiro atoms. The van der Waals surface area contributed by atoms with Crippen LogP contribution >= 0.6 is 0 Å². The monoisotopic (exact) mass is 438 g/mol. The van der Waals surface area contributed by atoms with Gasteiger partial charge in [0.15, 0.2) is 23.2 Å². The van der Waals surface area contributed by atoms with E-state index in [1.54, 1.807) is 0 Å². The van der Waals surface area contributed by atoms with E-state index in [0.29, 0.717) is 23.9 Å². The number of rotatable bonds is 7. The van der Waals surface area contributed by atoms with Crippen molar-refractivity contribution in [2.24, 2.45) is 17.8 Å². The standard InChI is InChI=1S/C24H33F3N2O2/c1-15-12-19(15)24(30)28-17-4-2-16(3-5-17)6-9-29-10-7-18(8-11-29)31-23-14-21(26)20(25)13-22(23)27/h13-19H,2-12H2,1H3,(H,28,30). The highest BCUT2D eigenvalue weighted by Gasteiger charge is 2.40. The van der Waals surface area contributed by atoms with Crippen LogP contribution in [-0.4, -0.2) is 42.6 Å². The zero-order chi connectivity index (χ0) is 22.0. The average Bonchev–Trinajstić information content (AvgIpc) is 3.49. The van der Waals surface area contributed by atoms with Gasteiger partial charge in [-0.05, 0) is 69.7 Å². The second-order valence-electron chi connectivity index (χ2n) is 9.69. The topological polar surface area (TPSA) is 41.6 Å². The lowest BCUT2D eigenvalue weighted by Crippen LogP contribution is -2.40. The summed E-state index contributed by atoms with van der Waals surface area (Å²) >= 11 is 0. The lowest BCUT2D eigenvalue weighted by Gasteiger charge is -2.34. The number of halogens is 3. The van der Waals surface area contributed by atoms with Crippen molar-refractivity contribution in [1.29, 1.82) is 0 Å². The number of nitrogens with one attached hydrogen (secondary N) is 1. The van der Waals surface area contributed by atoms with Crippen molar-refractivity contribution in [3.05, 3.63) is 29.6 Å². The Morgan fingerprint density at radius 2 is 1.68 bits per heavy atom. The molecule has 172 valence electrons. The maximum atomic E-state index is 13.8. The first-order valence-corrected chi connectivity index (χ1v) is 11.7. The van der Waals surface area contributed by atoms with Gasteiger partial charge in [-0.1, -0.05) is 6.92 Å². The highest BCUT2D eigenvalue weighted by Crippen LogP contribution is 2.38. The third kappa shape index (κ3) is 5.93. The van der Waals surface area contributed by atoms with Crippen molar-refractivity contribution < 1.29 is 22.7 Å². The van der Waals surface area contributed by atoms with E-state index in [4.69, 9.17) is 4.74 Å². The Morgan fingerprint density at radius 1 is 1.03 bits per heavy atom. The van der Waals surface area contributed by atoms with Crippen molar-refractivity contribution >= 4 is 5.91 Å². The number of amides is 1. The molecule has 1 saturated heterocycles. The molecule has 31 heavy (non-hydrogen) atoms. The van der Waals surface area contributed by atoms with Crippen molar-refractivity contribution in [2.45, 2.75) is 70.4 Å². The van der Waals surface area contributed by atoms with Gasteiger partial charge in [-0.3, -0.25) is 4.79 Å². The Morgan fingerprint density at radius 3 is 2.32 bits per heavy atom. The van der Waals surface area contributed by atoms with Gasteiger partial charge in [0.2, 0.25) is 5.91 Å². The van der Waals surface area contributed by atoms with Gasteiger partial charge in [0.1, 0.15) is 6.10 Å². The summed E-state index contributed by atoms with van der Waals surface area (Å²) in [6.07, 6.45) is 8.00. The molecular weight excluding hydrogens is 405 g/mol. The summed E-state index contributed by atoms with van der Waals surface area (Å²) in [6.45, 7) is 4.90. The minimum atomic E-state index is -1.20. The minimum Gasteiger partial charge on any atom is -0.487 e. The summed E-state index contributed by atoms with van der Waals surface area (Å²) in [5.41, 5.74) is 0. The second-order valence-corrected chi connectivity index (χ2v) is 9.69. The van der Waals surface area contributed by atoms with Crippen LogP contribution in [0.5, 0.6) is 5.75 Å². The first-order chi connectivity index (χ1) is 14.9. The van der Waals surface area contributed by atoms with Crippen LogP contribution in [0.25, 0.3) is 0 Å². The number of carbonyl (C=O) groups excluding carboxylic acids is 1. The average molecular weight is 439 g/mol. The molecule has 2 atom stereocenters. The van der Waals surface area contributed by atoms with E-state index in [1.165, 1.54) is 12.8 Å². The smallest absolute Gasteiger partial charge is 0.223 e. The molecule has 2 aliphatic carbocycles. The van der Waals surface area contributed by atoms with Crippen molar-refractivity contribution in [2.75, 3.05) is 19.6 Å². The molecule has 0 radical (unpaired) electrons. The number of likely N-dealkylation sites (tertiary alicyclic amines) is 1. The third-order valence-corrected chi connectivity index (χ3v) is 7.30. The van der Waals surface area contributed by atoms with Gasteiger partial charge >= 0.3 is 0 Å². The fourth-order valence-electron chi connectivity index (χ4n) is 4.98. The van der Waals surface area contributed by atoms with Gasteiger partial charge < -0.3 is 15.0 Å². The number of benzene rings is 1. The van der Waals surface area contributed by atoms with Crippen molar-refractivity contribution in [1.82, 2.24) is 10.2 Å². The van der Waals surface area contributed by atoms with E-state index in [1.807, 2.05) is 0 Å². The molecular formula is C24H33F3N2O2.